The molecule has 150 valence electrons. The minimum atomic E-state index is -3.64. The van der Waals surface area contributed by atoms with Gasteiger partial charge in [-0.3, -0.25) is 4.79 Å². The number of benzene rings is 3. The van der Waals surface area contributed by atoms with Crippen molar-refractivity contribution < 1.29 is 22.3 Å². The quantitative estimate of drug-likeness (QED) is 0.585. The molecule has 0 aromatic heterocycles. The Balaban J connectivity index is 1.48. The fourth-order valence-corrected chi connectivity index (χ4v) is 3.53. The average Bonchev–Trinajstić information content (AvgIpc) is 2.70. The predicted octanol–water partition coefficient (Wildman–Crippen LogP) is 3.93. The zero-order valence-electron chi connectivity index (χ0n) is 15.3. The van der Waals surface area contributed by atoms with Crippen molar-refractivity contribution in [2.75, 3.05) is 11.9 Å². The molecule has 3 aromatic carbocycles. The third-order valence-electron chi connectivity index (χ3n) is 3.87. The van der Waals surface area contributed by atoms with Gasteiger partial charge in [-0.05, 0) is 48.5 Å². The standard InChI is InChI=1S/C21H19FN2O4S/c22-16-5-4-6-19(15-16)28-18-11-9-17(10-12-18)24-21(25)13-14-23-29(26,27)20-7-2-1-3-8-20/h1-12,15,23H,13-14H2,(H,24,25). The van der Waals surface area contributed by atoms with Gasteiger partial charge in [0.25, 0.3) is 0 Å². The average molecular weight is 414 g/mol. The molecule has 0 saturated carbocycles. The molecular weight excluding hydrogens is 395 g/mol. The topological polar surface area (TPSA) is 84.5 Å². The molecular formula is C21H19FN2O4S. The van der Waals surface area contributed by atoms with Gasteiger partial charge in [0.2, 0.25) is 15.9 Å². The van der Waals surface area contributed by atoms with Crippen LogP contribution in [0.25, 0.3) is 0 Å². The van der Waals surface area contributed by atoms with Crippen molar-refractivity contribution in [1.29, 1.82) is 0 Å². The Bertz CT molecular complexity index is 1070. The van der Waals surface area contributed by atoms with Crippen molar-refractivity contribution in [1.82, 2.24) is 4.72 Å². The fourth-order valence-electron chi connectivity index (χ4n) is 2.48. The molecule has 0 bridgehead atoms. The first kappa shape index (κ1) is 20.5. The number of halogens is 1. The summed E-state index contributed by atoms with van der Waals surface area (Å²) in [5, 5.41) is 2.68. The van der Waals surface area contributed by atoms with Gasteiger partial charge in [0.15, 0.2) is 0 Å². The number of ether oxygens (including phenoxy) is 1. The number of carbonyl (C=O) groups is 1. The van der Waals surface area contributed by atoms with Crippen molar-refractivity contribution in [3.63, 3.8) is 0 Å². The number of rotatable bonds is 8. The molecule has 0 spiro atoms. The normalized spacial score (nSPS) is 11.1. The molecule has 3 rings (SSSR count). The maximum atomic E-state index is 13.2. The van der Waals surface area contributed by atoms with Crippen LogP contribution in [-0.2, 0) is 14.8 Å². The summed E-state index contributed by atoms with van der Waals surface area (Å²) >= 11 is 0. The second kappa shape index (κ2) is 9.31. The highest BCUT2D eigenvalue weighted by atomic mass is 32.2. The van der Waals surface area contributed by atoms with Gasteiger partial charge in [-0.1, -0.05) is 24.3 Å². The molecule has 1 amide bonds. The maximum Gasteiger partial charge on any atom is 0.240 e. The summed E-state index contributed by atoms with van der Waals surface area (Å²) in [6.07, 6.45) is -0.0202. The van der Waals surface area contributed by atoms with Gasteiger partial charge in [0, 0.05) is 24.7 Å². The lowest BCUT2D eigenvalue weighted by Crippen LogP contribution is -2.27. The Morgan fingerprint density at radius 3 is 2.31 bits per heavy atom. The van der Waals surface area contributed by atoms with Gasteiger partial charge in [-0.2, -0.15) is 0 Å². The molecule has 3 aromatic rings. The molecule has 0 atom stereocenters. The van der Waals surface area contributed by atoms with Gasteiger partial charge in [0.05, 0.1) is 4.90 Å². The first-order valence-corrected chi connectivity index (χ1v) is 10.3. The van der Waals surface area contributed by atoms with Crippen molar-refractivity contribution in [2.24, 2.45) is 0 Å². The Kier molecular flexibility index (Phi) is 6.58. The van der Waals surface area contributed by atoms with E-state index in [0.717, 1.165) is 0 Å². The van der Waals surface area contributed by atoms with Crippen LogP contribution in [0.5, 0.6) is 11.5 Å². The van der Waals surface area contributed by atoms with Gasteiger partial charge in [0.1, 0.15) is 17.3 Å². The zero-order valence-corrected chi connectivity index (χ0v) is 16.2. The second-order valence-corrected chi connectivity index (χ2v) is 7.86. The number of hydrogen-bond acceptors (Lipinski definition) is 4. The predicted molar refractivity (Wildman–Crippen MR) is 108 cm³/mol. The van der Waals surface area contributed by atoms with Crippen LogP contribution < -0.4 is 14.8 Å². The van der Waals surface area contributed by atoms with Crippen LogP contribution in [0.15, 0.2) is 83.8 Å². The van der Waals surface area contributed by atoms with Crippen molar-refractivity contribution in [2.45, 2.75) is 11.3 Å². The number of anilines is 1. The third-order valence-corrected chi connectivity index (χ3v) is 5.34. The SMILES string of the molecule is O=C(CCNS(=O)(=O)c1ccccc1)Nc1ccc(Oc2cccc(F)c2)cc1. The van der Waals surface area contributed by atoms with E-state index in [0.29, 0.717) is 17.2 Å². The van der Waals surface area contributed by atoms with E-state index in [9.17, 15) is 17.6 Å². The number of sulfonamides is 1. The summed E-state index contributed by atoms with van der Waals surface area (Å²) in [6.45, 7) is -0.0240. The summed E-state index contributed by atoms with van der Waals surface area (Å²) in [5.74, 6) is 0.130. The highest BCUT2D eigenvalue weighted by Gasteiger charge is 2.13. The first-order chi connectivity index (χ1) is 13.9. The molecule has 0 unspecified atom stereocenters. The molecule has 0 saturated heterocycles. The minimum absolute atomic E-state index is 0.0202. The number of hydrogen-bond donors (Lipinski definition) is 2. The van der Waals surface area contributed by atoms with Crippen molar-refractivity contribution >= 4 is 21.6 Å². The lowest BCUT2D eigenvalue weighted by atomic mass is 10.3. The highest BCUT2D eigenvalue weighted by Crippen LogP contribution is 2.23. The second-order valence-electron chi connectivity index (χ2n) is 6.09. The molecule has 0 fully saturated rings. The Morgan fingerprint density at radius 1 is 0.897 bits per heavy atom. The number of carbonyl (C=O) groups excluding carboxylic acids is 1. The Morgan fingerprint density at radius 2 is 1.62 bits per heavy atom. The van der Waals surface area contributed by atoms with Crippen molar-refractivity contribution in [3.8, 4) is 11.5 Å². The van der Waals surface area contributed by atoms with E-state index in [4.69, 9.17) is 4.74 Å². The van der Waals surface area contributed by atoms with Crippen LogP contribution in [0.2, 0.25) is 0 Å². The van der Waals surface area contributed by atoms with Crippen LogP contribution in [0.3, 0.4) is 0 Å². The molecule has 0 radical (unpaired) electrons. The van der Waals surface area contributed by atoms with Gasteiger partial charge in [-0.25, -0.2) is 17.5 Å². The van der Waals surface area contributed by atoms with Gasteiger partial charge >= 0.3 is 0 Å². The van der Waals surface area contributed by atoms with Crippen LogP contribution in [0.1, 0.15) is 6.42 Å². The third kappa shape index (κ3) is 6.13. The monoisotopic (exact) mass is 414 g/mol. The van der Waals surface area contributed by atoms with E-state index in [-0.39, 0.29) is 23.8 Å². The van der Waals surface area contributed by atoms with E-state index in [1.165, 1.54) is 24.3 Å². The molecule has 29 heavy (non-hydrogen) atoms. The molecule has 0 aliphatic rings. The van der Waals surface area contributed by atoms with E-state index in [1.54, 1.807) is 54.6 Å². The molecule has 6 nitrogen and oxygen atoms in total. The Hall–Kier alpha value is -3.23. The summed E-state index contributed by atoms with van der Waals surface area (Å²) in [7, 11) is -3.64. The van der Waals surface area contributed by atoms with Gasteiger partial charge < -0.3 is 10.1 Å². The Labute approximate surface area is 168 Å². The molecule has 8 heteroatoms. The van der Waals surface area contributed by atoms with E-state index >= 15 is 0 Å². The summed E-state index contributed by atoms with van der Waals surface area (Å²) in [5.41, 5.74) is 0.535. The molecule has 2 N–H and O–H groups in total. The summed E-state index contributed by atoms with van der Waals surface area (Å²) in [6, 6.07) is 20.3. The van der Waals surface area contributed by atoms with E-state index < -0.39 is 15.8 Å². The smallest absolute Gasteiger partial charge is 0.240 e. The van der Waals surface area contributed by atoms with Crippen LogP contribution >= 0.6 is 0 Å². The van der Waals surface area contributed by atoms with Crippen molar-refractivity contribution in [3.05, 3.63) is 84.7 Å². The minimum Gasteiger partial charge on any atom is -0.457 e. The summed E-state index contributed by atoms with van der Waals surface area (Å²) in [4.78, 5) is 12.2. The summed E-state index contributed by atoms with van der Waals surface area (Å²) < 4.78 is 45.3. The number of amides is 1. The molecule has 0 aliphatic heterocycles. The van der Waals surface area contributed by atoms with Crippen LogP contribution in [0.4, 0.5) is 10.1 Å². The maximum absolute atomic E-state index is 13.2. The van der Waals surface area contributed by atoms with Crippen LogP contribution in [0, 0.1) is 5.82 Å². The largest absolute Gasteiger partial charge is 0.457 e. The molecule has 0 aliphatic carbocycles. The highest BCUT2D eigenvalue weighted by molar-refractivity contribution is 7.89. The van der Waals surface area contributed by atoms with Crippen LogP contribution in [-0.4, -0.2) is 20.9 Å². The number of nitrogens with one attached hydrogen (secondary N) is 2. The lowest BCUT2D eigenvalue weighted by Gasteiger charge is -2.09. The zero-order chi connectivity index (χ0) is 20.7. The first-order valence-electron chi connectivity index (χ1n) is 8.80. The fraction of sp³-hybridized carbons (Fsp3) is 0.0952. The molecule has 0 heterocycles. The van der Waals surface area contributed by atoms with E-state index in [1.807, 2.05) is 0 Å². The van der Waals surface area contributed by atoms with Gasteiger partial charge in [-0.15, -0.1) is 0 Å². The lowest BCUT2D eigenvalue weighted by molar-refractivity contribution is -0.116. The van der Waals surface area contributed by atoms with E-state index in [2.05, 4.69) is 10.0 Å².